The molecule has 0 aliphatic rings. The molecule has 1 aromatic heterocycles. The highest BCUT2D eigenvalue weighted by Crippen LogP contribution is 2.25. The number of hydrogen-bond donors (Lipinski definition) is 2. The van der Waals surface area contributed by atoms with Gasteiger partial charge in [-0.1, -0.05) is 13.0 Å². The second-order valence-corrected chi connectivity index (χ2v) is 4.02. The Morgan fingerprint density at radius 1 is 1.15 bits per heavy atom. The van der Waals surface area contributed by atoms with E-state index < -0.39 is 0 Å². The highest BCUT2D eigenvalue weighted by molar-refractivity contribution is 5.40. The summed E-state index contributed by atoms with van der Waals surface area (Å²) in [6.45, 7) is 4.51. The van der Waals surface area contributed by atoms with Crippen molar-refractivity contribution in [1.29, 1.82) is 0 Å². The van der Waals surface area contributed by atoms with Gasteiger partial charge in [-0.25, -0.2) is 10.8 Å². The number of aromatic nitrogens is 2. The molecule has 0 saturated carbocycles. The number of nitrogen functional groups attached to an aromatic ring is 1. The van der Waals surface area contributed by atoms with Crippen LogP contribution in [-0.2, 0) is 6.42 Å². The molecule has 1 heterocycles. The van der Waals surface area contributed by atoms with Crippen molar-refractivity contribution in [1.82, 2.24) is 9.97 Å². The van der Waals surface area contributed by atoms with Gasteiger partial charge in [-0.05, 0) is 19.1 Å². The molecule has 106 valence electrons. The summed E-state index contributed by atoms with van der Waals surface area (Å²) < 4.78 is 11.2. The molecular weight excluding hydrogens is 256 g/mol. The predicted octanol–water partition coefficient (Wildman–Crippen LogP) is 2.52. The summed E-state index contributed by atoms with van der Waals surface area (Å²) in [5, 5.41) is 0. The lowest BCUT2D eigenvalue weighted by atomic mass is 10.3. The van der Waals surface area contributed by atoms with E-state index in [1.54, 1.807) is 6.07 Å². The van der Waals surface area contributed by atoms with E-state index in [9.17, 15) is 0 Å². The number of nitrogens with zero attached hydrogens (tertiary/aromatic N) is 2. The van der Waals surface area contributed by atoms with Crippen LogP contribution in [0, 0.1) is 0 Å². The second-order valence-electron chi connectivity index (χ2n) is 4.02. The van der Waals surface area contributed by atoms with Crippen molar-refractivity contribution in [3.8, 4) is 17.4 Å². The fraction of sp³-hybridized carbons (Fsp3) is 0.286. The molecule has 20 heavy (non-hydrogen) atoms. The Kier molecular flexibility index (Phi) is 4.73. The summed E-state index contributed by atoms with van der Waals surface area (Å²) in [7, 11) is 0. The van der Waals surface area contributed by atoms with Gasteiger partial charge in [0.15, 0.2) is 0 Å². The fourth-order valence-electron chi connectivity index (χ4n) is 1.67. The number of nitrogens with two attached hydrogens (primary N) is 1. The summed E-state index contributed by atoms with van der Waals surface area (Å²) in [4.78, 5) is 8.51. The zero-order valence-corrected chi connectivity index (χ0v) is 11.6. The van der Waals surface area contributed by atoms with Gasteiger partial charge in [-0.3, -0.25) is 0 Å². The number of hydrazine groups is 1. The first kappa shape index (κ1) is 14.1. The normalized spacial score (nSPS) is 10.2. The van der Waals surface area contributed by atoms with Crippen LogP contribution in [0.15, 0.2) is 30.3 Å². The predicted molar refractivity (Wildman–Crippen MR) is 76.9 cm³/mol. The van der Waals surface area contributed by atoms with Crippen LogP contribution in [-0.4, -0.2) is 16.6 Å². The molecule has 2 aromatic rings. The van der Waals surface area contributed by atoms with Gasteiger partial charge < -0.3 is 14.9 Å². The Balaban J connectivity index is 2.22. The van der Waals surface area contributed by atoms with Crippen LogP contribution >= 0.6 is 0 Å². The summed E-state index contributed by atoms with van der Waals surface area (Å²) >= 11 is 0. The third-order valence-corrected chi connectivity index (χ3v) is 2.55. The number of ether oxygens (including phenoxy) is 2. The van der Waals surface area contributed by atoms with Gasteiger partial charge >= 0.3 is 0 Å². The zero-order chi connectivity index (χ0) is 14.4. The second kappa shape index (κ2) is 6.72. The van der Waals surface area contributed by atoms with E-state index in [1.807, 2.05) is 38.1 Å². The molecule has 0 radical (unpaired) electrons. The van der Waals surface area contributed by atoms with Crippen LogP contribution in [0.2, 0.25) is 0 Å². The minimum absolute atomic E-state index is 0.443. The number of benzene rings is 1. The van der Waals surface area contributed by atoms with E-state index in [0.29, 0.717) is 36.3 Å². The Hall–Kier alpha value is -2.34. The van der Waals surface area contributed by atoms with Gasteiger partial charge in [-0.2, -0.15) is 4.98 Å². The Bertz CT molecular complexity index is 553. The van der Waals surface area contributed by atoms with Crippen LogP contribution < -0.4 is 20.7 Å². The lowest BCUT2D eigenvalue weighted by molar-refractivity contribution is 0.338. The number of anilines is 1. The standard InChI is InChI=1S/C14H18N4O2/c1-3-12-16-13(18-15)9-14(17-12)20-11-7-5-6-10(8-11)19-4-2/h5-9H,3-4,15H2,1-2H3,(H,16,17,18). The first-order chi connectivity index (χ1) is 9.75. The lowest BCUT2D eigenvalue weighted by Crippen LogP contribution is -2.10. The third-order valence-electron chi connectivity index (χ3n) is 2.55. The maximum Gasteiger partial charge on any atom is 0.224 e. The smallest absolute Gasteiger partial charge is 0.224 e. The molecule has 0 aliphatic heterocycles. The molecule has 0 amide bonds. The molecule has 0 aliphatic carbocycles. The molecule has 0 unspecified atom stereocenters. The minimum atomic E-state index is 0.443. The Morgan fingerprint density at radius 2 is 1.95 bits per heavy atom. The topological polar surface area (TPSA) is 82.3 Å². The summed E-state index contributed by atoms with van der Waals surface area (Å²) in [6, 6.07) is 9.04. The van der Waals surface area contributed by atoms with Gasteiger partial charge in [0.05, 0.1) is 6.61 Å². The van der Waals surface area contributed by atoms with Crippen molar-refractivity contribution in [2.75, 3.05) is 12.0 Å². The molecule has 0 spiro atoms. The quantitative estimate of drug-likeness (QED) is 0.622. The number of nitrogens with one attached hydrogen (secondary N) is 1. The van der Waals surface area contributed by atoms with Crippen LogP contribution in [0.25, 0.3) is 0 Å². The van der Waals surface area contributed by atoms with Crippen molar-refractivity contribution < 1.29 is 9.47 Å². The van der Waals surface area contributed by atoms with E-state index in [-0.39, 0.29) is 0 Å². The molecule has 6 nitrogen and oxygen atoms in total. The van der Waals surface area contributed by atoms with Crippen LogP contribution in [0.3, 0.4) is 0 Å². The van der Waals surface area contributed by atoms with Gasteiger partial charge in [0, 0.05) is 18.6 Å². The van der Waals surface area contributed by atoms with Crippen molar-refractivity contribution in [3.63, 3.8) is 0 Å². The van der Waals surface area contributed by atoms with E-state index in [2.05, 4.69) is 15.4 Å². The molecular formula is C14H18N4O2. The third kappa shape index (κ3) is 3.58. The number of aryl methyl sites for hydroxylation is 1. The molecule has 0 saturated heterocycles. The Morgan fingerprint density at radius 3 is 2.65 bits per heavy atom. The van der Waals surface area contributed by atoms with Crippen molar-refractivity contribution in [3.05, 3.63) is 36.2 Å². The zero-order valence-electron chi connectivity index (χ0n) is 11.6. The molecule has 0 bridgehead atoms. The molecule has 3 N–H and O–H groups in total. The van der Waals surface area contributed by atoms with E-state index in [4.69, 9.17) is 15.3 Å². The molecule has 2 rings (SSSR count). The van der Waals surface area contributed by atoms with Crippen molar-refractivity contribution >= 4 is 5.82 Å². The van der Waals surface area contributed by atoms with Gasteiger partial charge in [0.2, 0.25) is 5.88 Å². The van der Waals surface area contributed by atoms with Gasteiger partial charge in [0.1, 0.15) is 23.1 Å². The molecule has 0 atom stereocenters. The highest BCUT2D eigenvalue weighted by Gasteiger charge is 2.06. The van der Waals surface area contributed by atoms with Gasteiger partial charge in [0.25, 0.3) is 0 Å². The summed E-state index contributed by atoms with van der Waals surface area (Å²) in [6.07, 6.45) is 0.699. The molecule has 0 fully saturated rings. The van der Waals surface area contributed by atoms with Crippen LogP contribution in [0.4, 0.5) is 5.82 Å². The average Bonchev–Trinajstić information content (AvgIpc) is 2.47. The van der Waals surface area contributed by atoms with E-state index >= 15 is 0 Å². The van der Waals surface area contributed by atoms with Crippen molar-refractivity contribution in [2.45, 2.75) is 20.3 Å². The van der Waals surface area contributed by atoms with E-state index in [0.717, 1.165) is 5.75 Å². The number of hydrogen-bond acceptors (Lipinski definition) is 6. The highest BCUT2D eigenvalue weighted by atomic mass is 16.5. The maximum atomic E-state index is 5.72. The Labute approximate surface area is 117 Å². The summed E-state index contributed by atoms with van der Waals surface area (Å²) in [5.41, 5.74) is 2.50. The SMILES string of the molecule is CCOc1cccc(Oc2cc(NN)nc(CC)n2)c1. The number of rotatable bonds is 6. The molecule has 1 aromatic carbocycles. The van der Waals surface area contributed by atoms with Crippen molar-refractivity contribution in [2.24, 2.45) is 5.84 Å². The fourth-order valence-corrected chi connectivity index (χ4v) is 1.67. The lowest BCUT2D eigenvalue weighted by Gasteiger charge is -2.09. The minimum Gasteiger partial charge on any atom is -0.494 e. The van der Waals surface area contributed by atoms with E-state index in [1.165, 1.54) is 0 Å². The summed E-state index contributed by atoms with van der Waals surface area (Å²) in [5.74, 6) is 8.42. The average molecular weight is 274 g/mol. The monoisotopic (exact) mass is 274 g/mol. The van der Waals surface area contributed by atoms with Crippen LogP contribution in [0.5, 0.6) is 17.4 Å². The maximum absolute atomic E-state index is 5.72. The first-order valence-electron chi connectivity index (χ1n) is 6.50. The first-order valence-corrected chi connectivity index (χ1v) is 6.50. The largest absolute Gasteiger partial charge is 0.494 e. The van der Waals surface area contributed by atoms with Crippen LogP contribution in [0.1, 0.15) is 19.7 Å². The molecule has 6 heteroatoms. The van der Waals surface area contributed by atoms with Gasteiger partial charge in [-0.15, -0.1) is 0 Å².